The molecule has 0 amide bonds. The van der Waals surface area contributed by atoms with Crippen LogP contribution in [0.2, 0.25) is 0 Å². The second kappa shape index (κ2) is 4.19. The number of para-hydroxylation sites is 1. The largest absolute Gasteiger partial charge is 0.370 e. The normalized spacial score (nSPS) is 28.9. The predicted molar refractivity (Wildman–Crippen MR) is 68.1 cm³/mol. The molecule has 2 aliphatic rings. The van der Waals surface area contributed by atoms with Crippen molar-refractivity contribution in [2.75, 3.05) is 24.5 Å². The number of hydrogen-bond acceptors (Lipinski definition) is 2. The fraction of sp³-hybridized carbons (Fsp3) is 0.571. The van der Waals surface area contributed by atoms with Gasteiger partial charge >= 0.3 is 0 Å². The lowest BCUT2D eigenvalue weighted by Crippen LogP contribution is -2.35. The van der Waals surface area contributed by atoms with Crippen molar-refractivity contribution >= 4 is 5.69 Å². The maximum Gasteiger partial charge on any atom is 0.252 e. The van der Waals surface area contributed by atoms with Crippen LogP contribution in [0.4, 0.5) is 14.5 Å². The molecule has 0 radical (unpaired) electrons. The number of halogens is 2. The highest BCUT2D eigenvalue weighted by molar-refractivity contribution is 5.57. The van der Waals surface area contributed by atoms with Crippen LogP contribution in [0.1, 0.15) is 24.3 Å². The fourth-order valence-corrected chi connectivity index (χ4v) is 3.14. The summed E-state index contributed by atoms with van der Waals surface area (Å²) >= 11 is 0. The van der Waals surface area contributed by atoms with Gasteiger partial charge in [-0.2, -0.15) is 0 Å². The number of nitrogens with two attached hydrogens (primary N) is 1. The number of anilines is 1. The zero-order valence-electron chi connectivity index (χ0n) is 10.3. The number of alkyl halides is 2. The number of nitrogens with zero attached hydrogens (tertiary/aromatic N) is 1. The molecular formula is C14H18F2N2. The summed E-state index contributed by atoms with van der Waals surface area (Å²) in [5, 5.41) is 0. The Bertz CT molecular complexity index is 447. The average molecular weight is 252 g/mol. The Morgan fingerprint density at radius 1 is 1.33 bits per heavy atom. The van der Waals surface area contributed by atoms with Crippen LogP contribution in [0.3, 0.4) is 0 Å². The molecule has 98 valence electrons. The van der Waals surface area contributed by atoms with Gasteiger partial charge in [0.05, 0.1) is 0 Å². The van der Waals surface area contributed by atoms with Crippen LogP contribution in [-0.4, -0.2) is 25.6 Å². The van der Waals surface area contributed by atoms with Gasteiger partial charge in [-0.25, -0.2) is 8.78 Å². The van der Waals surface area contributed by atoms with E-state index < -0.39 is 11.8 Å². The maximum absolute atomic E-state index is 13.3. The SMILES string of the molecule is NCCN1CC[C@@H]([C@H]2CC2(F)F)c2ccccc21. The Kier molecular flexibility index (Phi) is 2.77. The van der Waals surface area contributed by atoms with Crippen LogP contribution in [0.25, 0.3) is 0 Å². The molecule has 1 saturated carbocycles. The quantitative estimate of drug-likeness (QED) is 0.896. The summed E-state index contributed by atoms with van der Waals surface area (Å²) in [6.07, 6.45) is 0.875. The van der Waals surface area contributed by atoms with E-state index in [1.165, 1.54) is 0 Å². The van der Waals surface area contributed by atoms with Crippen molar-refractivity contribution in [1.29, 1.82) is 0 Å². The van der Waals surface area contributed by atoms with Crippen molar-refractivity contribution in [1.82, 2.24) is 0 Å². The van der Waals surface area contributed by atoms with Crippen molar-refractivity contribution in [3.8, 4) is 0 Å². The summed E-state index contributed by atoms with van der Waals surface area (Å²) in [6.45, 7) is 2.23. The highest BCUT2D eigenvalue weighted by Gasteiger charge is 2.60. The van der Waals surface area contributed by atoms with Crippen molar-refractivity contribution < 1.29 is 8.78 Å². The Hall–Kier alpha value is -1.16. The summed E-state index contributed by atoms with van der Waals surface area (Å²) in [5.74, 6) is -2.86. The van der Waals surface area contributed by atoms with Crippen molar-refractivity contribution in [2.45, 2.75) is 24.7 Å². The Morgan fingerprint density at radius 3 is 2.72 bits per heavy atom. The minimum absolute atomic E-state index is 0.0187. The molecule has 2 nitrogen and oxygen atoms in total. The third kappa shape index (κ3) is 1.88. The van der Waals surface area contributed by atoms with E-state index in [1.54, 1.807) is 0 Å². The molecule has 0 saturated heterocycles. The highest BCUT2D eigenvalue weighted by Crippen LogP contribution is 2.58. The molecule has 1 fully saturated rings. The van der Waals surface area contributed by atoms with Crippen LogP contribution >= 0.6 is 0 Å². The second-order valence-corrected chi connectivity index (χ2v) is 5.30. The Morgan fingerprint density at radius 2 is 2.06 bits per heavy atom. The molecule has 0 spiro atoms. The van der Waals surface area contributed by atoms with Gasteiger partial charge in [0, 0.05) is 37.7 Å². The first-order chi connectivity index (χ1) is 8.63. The number of benzene rings is 1. The highest BCUT2D eigenvalue weighted by atomic mass is 19.3. The molecule has 18 heavy (non-hydrogen) atoms. The monoisotopic (exact) mass is 252 g/mol. The van der Waals surface area contributed by atoms with Gasteiger partial charge in [-0.1, -0.05) is 18.2 Å². The summed E-state index contributed by atoms with van der Waals surface area (Å²) in [5.41, 5.74) is 7.79. The van der Waals surface area contributed by atoms with Crippen LogP contribution in [0.15, 0.2) is 24.3 Å². The predicted octanol–water partition coefficient (Wildman–Crippen LogP) is 2.59. The summed E-state index contributed by atoms with van der Waals surface area (Å²) in [4.78, 5) is 2.21. The fourth-order valence-electron chi connectivity index (χ4n) is 3.14. The molecule has 1 aromatic rings. The lowest BCUT2D eigenvalue weighted by atomic mass is 9.86. The molecule has 1 aliphatic carbocycles. The summed E-state index contributed by atoms with van der Waals surface area (Å²) < 4.78 is 26.6. The first kappa shape index (κ1) is 11.9. The molecule has 0 unspecified atom stereocenters. The van der Waals surface area contributed by atoms with Crippen LogP contribution < -0.4 is 10.6 Å². The number of rotatable bonds is 3. The standard InChI is InChI=1S/C14H18F2N2/c15-14(16)9-12(14)10-5-7-18(8-6-17)13-4-2-1-3-11(10)13/h1-4,10,12H,5-9,17H2/t10-,12-/m1/s1. The van der Waals surface area contributed by atoms with E-state index >= 15 is 0 Å². The van der Waals surface area contributed by atoms with E-state index in [-0.39, 0.29) is 12.3 Å². The smallest absolute Gasteiger partial charge is 0.252 e. The van der Waals surface area contributed by atoms with E-state index in [1.807, 2.05) is 24.3 Å². The van der Waals surface area contributed by atoms with Gasteiger partial charge in [0.2, 0.25) is 0 Å². The van der Waals surface area contributed by atoms with Crippen molar-refractivity contribution in [2.24, 2.45) is 11.7 Å². The van der Waals surface area contributed by atoms with E-state index in [0.29, 0.717) is 6.54 Å². The molecule has 3 rings (SSSR count). The topological polar surface area (TPSA) is 29.3 Å². The van der Waals surface area contributed by atoms with E-state index in [0.717, 1.165) is 30.8 Å². The van der Waals surface area contributed by atoms with Gasteiger partial charge in [0.15, 0.2) is 0 Å². The summed E-state index contributed by atoms with van der Waals surface area (Å²) in [6, 6.07) is 7.93. The minimum atomic E-state index is -2.44. The first-order valence-corrected chi connectivity index (χ1v) is 6.55. The molecule has 1 aromatic carbocycles. The van der Waals surface area contributed by atoms with Crippen molar-refractivity contribution in [3.63, 3.8) is 0 Å². The van der Waals surface area contributed by atoms with Gasteiger partial charge in [0.1, 0.15) is 0 Å². The zero-order valence-corrected chi connectivity index (χ0v) is 10.3. The Balaban J connectivity index is 1.90. The second-order valence-electron chi connectivity index (χ2n) is 5.30. The minimum Gasteiger partial charge on any atom is -0.370 e. The lowest BCUT2D eigenvalue weighted by molar-refractivity contribution is 0.0917. The zero-order chi connectivity index (χ0) is 12.8. The molecule has 0 aromatic heterocycles. The molecule has 2 N–H and O–H groups in total. The Labute approximate surface area is 106 Å². The molecule has 0 bridgehead atoms. The average Bonchev–Trinajstić information content (AvgIpc) is 2.99. The number of fused-ring (bicyclic) bond motifs is 1. The third-order valence-corrected chi connectivity index (χ3v) is 4.15. The lowest BCUT2D eigenvalue weighted by Gasteiger charge is -2.35. The van der Waals surface area contributed by atoms with Crippen LogP contribution in [0, 0.1) is 5.92 Å². The van der Waals surface area contributed by atoms with Gasteiger partial charge in [-0.3, -0.25) is 0 Å². The molecule has 1 aliphatic heterocycles. The van der Waals surface area contributed by atoms with Crippen LogP contribution in [0.5, 0.6) is 0 Å². The summed E-state index contributed by atoms with van der Waals surface area (Å²) in [7, 11) is 0. The number of hydrogen-bond donors (Lipinski definition) is 1. The van der Waals surface area contributed by atoms with E-state index in [2.05, 4.69) is 4.90 Å². The molecule has 4 heteroatoms. The molecular weight excluding hydrogens is 234 g/mol. The maximum atomic E-state index is 13.3. The molecule has 2 atom stereocenters. The van der Waals surface area contributed by atoms with Gasteiger partial charge in [-0.05, 0) is 24.0 Å². The van der Waals surface area contributed by atoms with E-state index in [9.17, 15) is 8.78 Å². The van der Waals surface area contributed by atoms with Gasteiger partial charge < -0.3 is 10.6 Å². The molecule has 1 heterocycles. The van der Waals surface area contributed by atoms with Crippen molar-refractivity contribution in [3.05, 3.63) is 29.8 Å². The van der Waals surface area contributed by atoms with Gasteiger partial charge in [-0.15, -0.1) is 0 Å². The first-order valence-electron chi connectivity index (χ1n) is 6.55. The van der Waals surface area contributed by atoms with E-state index in [4.69, 9.17) is 5.73 Å². The third-order valence-electron chi connectivity index (χ3n) is 4.15. The van der Waals surface area contributed by atoms with Crippen LogP contribution in [-0.2, 0) is 0 Å². The van der Waals surface area contributed by atoms with Gasteiger partial charge in [0.25, 0.3) is 5.92 Å².